The quantitative estimate of drug-likeness (QED) is 0.138. The van der Waals surface area contributed by atoms with E-state index < -0.39 is 0 Å². The molecular formula is C57H45BN2OS2. The first-order valence-corrected chi connectivity index (χ1v) is 23.3. The van der Waals surface area contributed by atoms with Crippen molar-refractivity contribution in [2.75, 3.05) is 4.81 Å². The largest absolute Gasteiger partial charge is 0.456 e. The normalized spacial score (nSPS) is 13.7. The number of rotatable bonds is 2. The summed E-state index contributed by atoms with van der Waals surface area (Å²) in [7, 11) is 0. The van der Waals surface area contributed by atoms with Crippen LogP contribution in [0, 0.1) is 6.92 Å². The zero-order valence-electron chi connectivity index (χ0n) is 36.5. The molecule has 3 aromatic heterocycles. The van der Waals surface area contributed by atoms with Gasteiger partial charge in [0.25, 0.3) is 0 Å². The highest BCUT2D eigenvalue weighted by Crippen LogP contribution is 2.49. The zero-order valence-corrected chi connectivity index (χ0v) is 38.2. The van der Waals surface area contributed by atoms with Crippen molar-refractivity contribution in [3.05, 3.63) is 156 Å². The fourth-order valence-electron chi connectivity index (χ4n) is 10.9. The molecular weight excluding hydrogens is 804 g/mol. The Labute approximate surface area is 377 Å². The van der Waals surface area contributed by atoms with E-state index in [9.17, 15) is 0 Å². The molecule has 2 aliphatic heterocycles. The summed E-state index contributed by atoms with van der Waals surface area (Å²) < 4.78 is 12.0. The zero-order chi connectivity index (χ0) is 42.8. The van der Waals surface area contributed by atoms with E-state index in [4.69, 9.17) is 17.0 Å². The molecule has 0 unspecified atom stereocenters. The number of furan rings is 1. The third-order valence-corrected chi connectivity index (χ3v) is 15.6. The number of hydrogen-bond acceptors (Lipinski definition) is 4. The molecule has 11 aromatic rings. The lowest BCUT2D eigenvalue weighted by Gasteiger charge is -2.42. The average molecular weight is 849 g/mol. The van der Waals surface area contributed by atoms with Crippen LogP contribution in [0.4, 0.5) is 11.4 Å². The number of benzene rings is 8. The van der Waals surface area contributed by atoms with Crippen LogP contribution in [0.1, 0.15) is 58.2 Å². The van der Waals surface area contributed by atoms with E-state index in [0.717, 1.165) is 32.4 Å². The smallest absolute Gasteiger partial charge is 0.333 e. The SMILES string of the molecule is Cc1ccccc1-c1cc2c3ccc4c5c3n(c2cc1S)-c1cc2c(cc1B5N(c1ccc(C(C)(C)C)cc1)c1cc3c(cc1-4)oc1cc(C(C)(C)C)ccc13)sc1ccccc12. The lowest BCUT2D eigenvalue weighted by Crippen LogP contribution is -2.60. The Morgan fingerprint density at radius 3 is 2.05 bits per heavy atom. The summed E-state index contributed by atoms with van der Waals surface area (Å²) in [6, 6.07) is 52.9. The van der Waals surface area contributed by atoms with Crippen molar-refractivity contribution < 1.29 is 4.42 Å². The van der Waals surface area contributed by atoms with E-state index in [1.165, 1.54) is 103 Å². The molecule has 0 saturated carbocycles. The Morgan fingerprint density at radius 1 is 0.540 bits per heavy atom. The van der Waals surface area contributed by atoms with E-state index in [0.29, 0.717) is 0 Å². The number of thiol groups is 1. The Balaban J connectivity index is 1.18. The molecule has 5 heterocycles. The minimum Gasteiger partial charge on any atom is -0.456 e. The monoisotopic (exact) mass is 848 g/mol. The number of aromatic nitrogens is 1. The van der Waals surface area contributed by atoms with Crippen LogP contribution in [-0.4, -0.2) is 11.4 Å². The van der Waals surface area contributed by atoms with Crippen molar-refractivity contribution in [2.45, 2.75) is 64.2 Å². The van der Waals surface area contributed by atoms with Gasteiger partial charge in [-0.15, -0.1) is 24.0 Å². The minimum atomic E-state index is -0.104. The van der Waals surface area contributed by atoms with E-state index in [1.807, 2.05) is 11.3 Å². The van der Waals surface area contributed by atoms with E-state index in [2.05, 4.69) is 197 Å². The predicted octanol–water partition coefficient (Wildman–Crippen LogP) is 15.1. The number of thiophene rings is 1. The van der Waals surface area contributed by atoms with Crippen molar-refractivity contribution >= 4 is 117 Å². The molecule has 304 valence electrons. The molecule has 6 heteroatoms. The van der Waals surface area contributed by atoms with Crippen molar-refractivity contribution in [3.63, 3.8) is 0 Å². The maximum atomic E-state index is 6.84. The predicted molar refractivity (Wildman–Crippen MR) is 275 cm³/mol. The molecule has 0 bridgehead atoms. The molecule has 13 rings (SSSR count). The maximum Gasteiger partial charge on any atom is 0.333 e. The second kappa shape index (κ2) is 12.7. The highest BCUT2D eigenvalue weighted by molar-refractivity contribution is 7.80. The van der Waals surface area contributed by atoms with Gasteiger partial charge in [-0.2, -0.15) is 0 Å². The third-order valence-electron chi connectivity index (χ3n) is 14.1. The van der Waals surface area contributed by atoms with Crippen molar-refractivity contribution in [3.8, 4) is 27.9 Å². The first-order valence-electron chi connectivity index (χ1n) is 22.1. The molecule has 0 atom stereocenters. The Kier molecular flexibility index (Phi) is 7.54. The van der Waals surface area contributed by atoms with Gasteiger partial charge in [0.05, 0.1) is 11.0 Å². The topological polar surface area (TPSA) is 21.3 Å². The number of nitrogens with zero attached hydrogens (tertiary/aromatic N) is 2. The van der Waals surface area contributed by atoms with Crippen molar-refractivity contribution in [2.24, 2.45) is 0 Å². The lowest BCUT2D eigenvalue weighted by atomic mass is 9.44. The van der Waals surface area contributed by atoms with E-state index in [-0.39, 0.29) is 17.7 Å². The van der Waals surface area contributed by atoms with Crippen LogP contribution in [-0.2, 0) is 10.8 Å². The molecule has 0 N–H and O–H groups in total. The van der Waals surface area contributed by atoms with Crippen LogP contribution in [0.25, 0.3) is 91.9 Å². The molecule has 0 radical (unpaired) electrons. The molecule has 0 amide bonds. The minimum absolute atomic E-state index is 0.00923. The van der Waals surface area contributed by atoms with Gasteiger partial charge in [0.1, 0.15) is 11.2 Å². The second-order valence-electron chi connectivity index (χ2n) is 20.0. The van der Waals surface area contributed by atoms with Gasteiger partial charge in [-0.25, -0.2) is 0 Å². The standard InChI is InChI=1S/C57H45BN2OS2/c1-31-12-8-9-13-35(31)43-25-40-39-23-22-38-41-28-50-42(36-21-18-33(57(5,6)7)24-49(36)61-50)26-47(41)60(34-19-16-32(17-20-34)56(2,3)4)58-45-29-53-44(37-14-10-11-15-52(37)63-53)27-48(45)59(55(39)54(38)58)46(40)30-51(43)62/h8-30,62H,1-7H3. The van der Waals surface area contributed by atoms with Crippen LogP contribution in [0.15, 0.2) is 149 Å². The van der Waals surface area contributed by atoms with Crippen LogP contribution >= 0.6 is 24.0 Å². The summed E-state index contributed by atoms with van der Waals surface area (Å²) >= 11 is 7.15. The summed E-state index contributed by atoms with van der Waals surface area (Å²) in [5, 5.41) is 7.37. The molecule has 3 nitrogen and oxygen atoms in total. The highest BCUT2D eigenvalue weighted by atomic mass is 32.1. The lowest BCUT2D eigenvalue weighted by molar-refractivity contribution is 0.587. The fraction of sp³-hybridized carbons (Fsp3) is 0.158. The van der Waals surface area contributed by atoms with Crippen molar-refractivity contribution in [1.29, 1.82) is 0 Å². The second-order valence-corrected chi connectivity index (χ2v) is 21.5. The van der Waals surface area contributed by atoms with Gasteiger partial charge in [0, 0.05) is 69.2 Å². The van der Waals surface area contributed by atoms with Gasteiger partial charge in [-0.05, 0) is 123 Å². The highest BCUT2D eigenvalue weighted by Gasteiger charge is 2.44. The number of fused-ring (bicyclic) bond motifs is 14. The van der Waals surface area contributed by atoms with Gasteiger partial charge in [0.2, 0.25) is 0 Å². The van der Waals surface area contributed by atoms with Gasteiger partial charge in [-0.1, -0.05) is 120 Å². The molecule has 2 aliphatic rings. The van der Waals surface area contributed by atoms with Crippen LogP contribution < -0.4 is 15.7 Å². The van der Waals surface area contributed by atoms with E-state index in [1.54, 1.807) is 0 Å². The molecule has 8 aromatic carbocycles. The van der Waals surface area contributed by atoms with Crippen LogP contribution in [0.3, 0.4) is 0 Å². The summed E-state index contributed by atoms with van der Waals surface area (Å²) in [5.41, 5.74) is 19.2. The van der Waals surface area contributed by atoms with E-state index >= 15 is 0 Å². The first kappa shape index (κ1) is 37.4. The van der Waals surface area contributed by atoms with Crippen LogP contribution in [0.2, 0.25) is 0 Å². The first-order chi connectivity index (χ1) is 30.3. The molecule has 0 aliphatic carbocycles. The number of aryl methyl sites for hydroxylation is 1. The summed E-state index contributed by atoms with van der Waals surface area (Å²) in [4.78, 5) is 3.62. The number of anilines is 2. The Morgan fingerprint density at radius 2 is 1.25 bits per heavy atom. The number of hydrogen-bond donors (Lipinski definition) is 1. The summed E-state index contributed by atoms with van der Waals surface area (Å²) in [5.74, 6) is 0. The molecule has 63 heavy (non-hydrogen) atoms. The Hall–Kier alpha value is -6.21. The van der Waals surface area contributed by atoms with Gasteiger partial charge < -0.3 is 13.8 Å². The van der Waals surface area contributed by atoms with Crippen LogP contribution in [0.5, 0.6) is 0 Å². The summed E-state index contributed by atoms with van der Waals surface area (Å²) in [6.45, 7) is 15.8. The fourth-order valence-corrected chi connectivity index (χ4v) is 12.3. The van der Waals surface area contributed by atoms with Crippen molar-refractivity contribution in [1.82, 2.24) is 4.57 Å². The van der Waals surface area contributed by atoms with Gasteiger partial charge >= 0.3 is 6.85 Å². The molecule has 0 saturated heterocycles. The third kappa shape index (κ3) is 5.22. The molecule has 0 fully saturated rings. The Bertz CT molecular complexity index is 3800. The summed E-state index contributed by atoms with van der Waals surface area (Å²) in [6.07, 6.45) is 0. The van der Waals surface area contributed by atoms with Gasteiger partial charge in [-0.3, -0.25) is 0 Å². The van der Waals surface area contributed by atoms with Gasteiger partial charge in [0.15, 0.2) is 0 Å². The molecule has 0 spiro atoms. The average Bonchev–Trinajstić information content (AvgIpc) is 3.92. The maximum absolute atomic E-state index is 6.84.